The summed E-state index contributed by atoms with van der Waals surface area (Å²) in [6.07, 6.45) is 10.3. The molecule has 1 heterocycles. The predicted octanol–water partition coefficient (Wildman–Crippen LogP) is 5.43. The fourth-order valence-corrected chi connectivity index (χ4v) is 2.90. The summed E-state index contributed by atoms with van der Waals surface area (Å²) in [5.74, 6) is 0.808. The molecule has 0 bridgehead atoms. The Kier molecular flexibility index (Phi) is 6.93. The summed E-state index contributed by atoms with van der Waals surface area (Å²) >= 11 is 0. The Morgan fingerprint density at radius 1 is 1.14 bits per heavy atom. The van der Waals surface area contributed by atoms with Crippen molar-refractivity contribution >= 4 is 17.1 Å². The summed E-state index contributed by atoms with van der Waals surface area (Å²) < 4.78 is 5.52. The van der Waals surface area contributed by atoms with Crippen molar-refractivity contribution in [2.75, 3.05) is 6.61 Å². The van der Waals surface area contributed by atoms with Crippen LogP contribution < -0.4 is 4.74 Å². The highest BCUT2D eigenvalue weighted by molar-refractivity contribution is 5.79. The van der Waals surface area contributed by atoms with Crippen molar-refractivity contribution < 1.29 is 9.84 Å². The largest absolute Gasteiger partial charge is 0.490 e. The van der Waals surface area contributed by atoms with E-state index in [9.17, 15) is 5.11 Å². The second-order valence-electron chi connectivity index (χ2n) is 6.81. The van der Waals surface area contributed by atoms with Crippen molar-refractivity contribution in [1.29, 1.82) is 0 Å². The second kappa shape index (κ2) is 9.81. The average Bonchev–Trinajstić information content (AvgIpc) is 2.71. The Morgan fingerprint density at radius 3 is 2.71 bits per heavy atom. The molecule has 0 spiro atoms. The summed E-state index contributed by atoms with van der Waals surface area (Å²) in [5.41, 5.74) is 4.69. The van der Waals surface area contributed by atoms with Crippen LogP contribution in [0, 0.1) is 0 Å². The molecule has 0 radical (unpaired) electrons. The van der Waals surface area contributed by atoms with Crippen LogP contribution in [0.3, 0.4) is 0 Å². The molecule has 4 nitrogen and oxygen atoms in total. The number of unbranched alkanes of at least 4 members (excludes halogenated alkanes) is 1. The number of hydrogen-bond donors (Lipinski definition) is 1. The molecule has 0 aliphatic heterocycles. The molecule has 28 heavy (non-hydrogen) atoms. The van der Waals surface area contributed by atoms with Crippen molar-refractivity contribution in [1.82, 2.24) is 9.97 Å². The third-order valence-electron chi connectivity index (χ3n) is 4.39. The molecule has 4 heteroatoms. The van der Waals surface area contributed by atoms with E-state index in [4.69, 9.17) is 9.72 Å². The van der Waals surface area contributed by atoms with Crippen molar-refractivity contribution in [2.45, 2.75) is 32.3 Å². The first-order valence-electron chi connectivity index (χ1n) is 9.61. The third-order valence-corrected chi connectivity index (χ3v) is 4.39. The fraction of sp³-hybridized carbons (Fsp3) is 0.250. The molecule has 0 aliphatic rings. The first kappa shape index (κ1) is 19.8. The Morgan fingerprint density at radius 2 is 1.96 bits per heavy atom. The number of hydrogen-bond acceptors (Lipinski definition) is 4. The molecule has 3 rings (SSSR count). The maximum atomic E-state index is 9.29. The second-order valence-corrected chi connectivity index (χ2v) is 6.81. The molecule has 144 valence electrons. The van der Waals surface area contributed by atoms with Gasteiger partial charge in [-0.25, -0.2) is 4.98 Å². The van der Waals surface area contributed by atoms with Crippen LogP contribution in [-0.2, 0) is 0 Å². The van der Waals surface area contributed by atoms with Crippen LogP contribution in [0.1, 0.15) is 31.7 Å². The minimum atomic E-state index is -0.227. The quantitative estimate of drug-likeness (QED) is 0.401. The zero-order valence-corrected chi connectivity index (χ0v) is 16.2. The molecule has 1 aromatic heterocycles. The number of aromatic nitrogens is 2. The van der Waals surface area contributed by atoms with Crippen LogP contribution in [0.4, 0.5) is 0 Å². The highest BCUT2D eigenvalue weighted by atomic mass is 16.5. The van der Waals surface area contributed by atoms with Gasteiger partial charge < -0.3 is 9.84 Å². The van der Waals surface area contributed by atoms with Gasteiger partial charge >= 0.3 is 0 Å². The third kappa shape index (κ3) is 5.51. The normalized spacial score (nSPS) is 12.4. The number of rotatable bonds is 9. The van der Waals surface area contributed by atoms with Crippen LogP contribution in [0.2, 0.25) is 0 Å². The lowest BCUT2D eigenvalue weighted by Gasteiger charge is -2.06. The van der Waals surface area contributed by atoms with Crippen molar-refractivity contribution in [3.8, 4) is 17.0 Å². The van der Waals surface area contributed by atoms with Crippen LogP contribution >= 0.6 is 0 Å². The van der Waals surface area contributed by atoms with Crippen LogP contribution in [0.5, 0.6) is 5.75 Å². The van der Waals surface area contributed by atoms with Crippen molar-refractivity contribution in [3.63, 3.8) is 0 Å². The zero-order valence-electron chi connectivity index (χ0n) is 16.2. The summed E-state index contributed by atoms with van der Waals surface area (Å²) in [5, 5.41) is 9.29. The van der Waals surface area contributed by atoms with E-state index in [-0.39, 0.29) is 6.10 Å². The number of ether oxygens (including phenoxy) is 1. The van der Waals surface area contributed by atoms with Gasteiger partial charge in [-0.3, -0.25) is 4.98 Å². The summed E-state index contributed by atoms with van der Waals surface area (Å²) in [4.78, 5) is 9.32. The Labute approximate surface area is 166 Å². The monoisotopic (exact) mass is 374 g/mol. The number of allylic oxidation sites excluding steroid dienone is 1. The maximum Gasteiger partial charge on any atom is 0.119 e. The molecular formula is C24H26N2O2. The number of aliphatic hydroxyl groups excluding tert-OH is 1. The molecule has 0 fully saturated rings. The first-order valence-corrected chi connectivity index (χ1v) is 9.61. The van der Waals surface area contributed by atoms with Gasteiger partial charge in [0.2, 0.25) is 0 Å². The molecule has 3 aromatic rings. The van der Waals surface area contributed by atoms with E-state index in [0.29, 0.717) is 6.61 Å². The summed E-state index contributed by atoms with van der Waals surface area (Å²) in [6, 6.07) is 13.9. The van der Waals surface area contributed by atoms with Gasteiger partial charge in [0.15, 0.2) is 0 Å². The minimum Gasteiger partial charge on any atom is -0.490 e. The van der Waals surface area contributed by atoms with E-state index in [1.165, 1.54) is 0 Å². The molecule has 0 aliphatic carbocycles. The van der Waals surface area contributed by atoms with E-state index in [1.807, 2.05) is 43.3 Å². The highest BCUT2D eigenvalue weighted by Crippen LogP contribution is 2.23. The molecule has 0 saturated heterocycles. The molecule has 0 amide bonds. The lowest BCUT2D eigenvalue weighted by molar-refractivity contribution is 0.182. The van der Waals surface area contributed by atoms with E-state index < -0.39 is 0 Å². The number of nitrogens with zero attached hydrogens (tertiary/aromatic N) is 2. The van der Waals surface area contributed by atoms with Gasteiger partial charge in [-0.1, -0.05) is 30.9 Å². The molecular weight excluding hydrogens is 348 g/mol. The SMILES string of the molecule is C=CCOc1ccc(-c2cnc3cc(/C=C/CCCC(C)O)ccc3n2)cc1. The lowest BCUT2D eigenvalue weighted by Crippen LogP contribution is -1.97. The molecule has 1 atom stereocenters. The van der Waals surface area contributed by atoms with E-state index in [0.717, 1.165) is 52.9 Å². The lowest BCUT2D eigenvalue weighted by atomic mass is 10.1. The molecule has 0 saturated carbocycles. The Hall–Kier alpha value is -2.98. The maximum absolute atomic E-state index is 9.29. The Balaban J connectivity index is 1.70. The standard InChI is InChI=1S/C24H26N2O2/c1-3-15-28-21-12-10-20(11-13-21)24-17-25-23-16-19(9-14-22(23)26-24)8-6-4-5-7-18(2)27/h3,6,8-14,16-18,27H,1,4-5,7,15H2,2H3/b8-6+. The van der Waals surface area contributed by atoms with Crippen molar-refractivity contribution in [3.05, 3.63) is 73.0 Å². The zero-order chi connectivity index (χ0) is 19.8. The summed E-state index contributed by atoms with van der Waals surface area (Å²) in [7, 11) is 0. The fourth-order valence-electron chi connectivity index (χ4n) is 2.90. The first-order chi connectivity index (χ1) is 13.7. The Bertz CT molecular complexity index is 946. The smallest absolute Gasteiger partial charge is 0.119 e. The summed E-state index contributed by atoms with van der Waals surface area (Å²) in [6.45, 7) is 5.97. The van der Waals surface area contributed by atoms with Gasteiger partial charge in [0.05, 0.1) is 29.0 Å². The average molecular weight is 374 g/mol. The molecule has 2 aromatic carbocycles. The van der Waals surface area contributed by atoms with Gasteiger partial charge in [-0.15, -0.1) is 0 Å². The molecule has 1 N–H and O–H groups in total. The predicted molar refractivity (Wildman–Crippen MR) is 115 cm³/mol. The van der Waals surface area contributed by atoms with Crippen LogP contribution in [0.15, 0.2) is 67.4 Å². The van der Waals surface area contributed by atoms with Crippen molar-refractivity contribution in [2.24, 2.45) is 0 Å². The van der Waals surface area contributed by atoms with Gasteiger partial charge in [0.25, 0.3) is 0 Å². The van der Waals surface area contributed by atoms with Gasteiger partial charge in [-0.05, 0) is 68.1 Å². The number of benzene rings is 2. The van der Waals surface area contributed by atoms with Crippen LogP contribution in [-0.4, -0.2) is 27.8 Å². The topological polar surface area (TPSA) is 55.2 Å². The van der Waals surface area contributed by atoms with E-state index in [2.05, 4.69) is 29.8 Å². The van der Waals surface area contributed by atoms with Gasteiger partial charge in [0, 0.05) is 5.56 Å². The minimum absolute atomic E-state index is 0.227. The number of fused-ring (bicyclic) bond motifs is 1. The van der Waals surface area contributed by atoms with Gasteiger partial charge in [-0.2, -0.15) is 0 Å². The van der Waals surface area contributed by atoms with Crippen LogP contribution in [0.25, 0.3) is 28.4 Å². The number of aliphatic hydroxyl groups is 1. The molecule has 1 unspecified atom stereocenters. The van der Waals surface area contributed by atoms with E-state index >= 15 is 0 Å². The van der Waals surface area contributed by atoms with E-state index in [1.54, 1.807) is 12.3 Å². The highest BCUT2D eigenvalue weighted by Gasteiger charge is 2.04. The van der Waals surface area contributed by atoms with Gasteiger partial charge in [0.1, 0.15) is 12.4 Å².